The maximum atomic E-state index is 12.0. The first-order chi connectivity index (χ1) is 8.29. The van der Waals surface area contributed by atoms with E-state index in [-0.39, 0.29) is 17.5 Å². The Labute approximate surface area is 106 Å². The molecule has 2 unspecified atom stereocenters. The monoisotopic (exact) mass is 275 g/mol. The van der Waals surface area contributed by atoms with Crippen molar-refractivity contribution in [3.8, 4) is 0 Å². The quantitative estimate of drug-likeness (QED) is 0.711. The molecule has 0 aromatic carbocycles. The van der Waals surface area contributed by atoms with Gasteiger partial charge in [0.1, 0.15) is 5.56 Å². The molecule has 2 atom stereocenters. The van der Waals surface area contributed by atoms with E-state index in [9.17, 15) is 13.2 Å². The van der Waals surface area contributed by atoms with Crippen LogP contribution in [0.1, 0.15) is 37.6 Å². The predicted octanol–water partition coefficient (Wildman–Crippen LogP) is 0.821. The normalized spacial score (nSPS) is 15.3. The number of sulfonamides is 1. The van der Waals surface area contributed by atoms with E-state index < -0.39 is 21.0 Å². The van der Waals surface area contributed by atoms with E-state index in [4.69, 9.17) is 5.11 Å². The number of H-pyrrole nitrogens is 1. The molecule has 102 valence electrons. The largest absolute Gasteiger partial charge is 0.478 e. The molecular weight excluding hydrogens is 258 g/mol. The molecule has 1 aromatic rings. The third-order valence-electron chi connectivity index (χ3n) is 2.94. The Bertz CT molecular complexity index is 523. The summed E-state index contributed by atoms with van der Waals surface area (Å²) < 4.78 is 26.4. The lowest BCUT2D eigenvalue weighted by atomic mass is 10.0. The zero-order valence-electron chi connectivity index (χ0n) is 10.5. The Balaban J connectivity index is 3.00. The zero-order chi connectivity index (χ0) is 13.9. The summed E-state index contributed by atoms with van der Waals surface area (Å²) in [6, 6.07) is -0.287. The highest BCUT2D eigenvalue weighted by molar-refractivity contribution is 7.89. The van der Waals surface area contributed by atoms with E-state index in [0.717, 1.165) is 12.6 Å². The van der Waals surface area contributed by atoms with Crippen LogP contribution in [0.2, 0.25) is 0 Å². The first kappa shape index (κ1) is 14.7. The van der Waals surface area contributed by atoms with E-state index in [0.29, 0.717) is 0 Å². The molecule has 1 aromatic heterocycles. The minimum atomic E-state index is -3.90. The Hall–Kier alpha value is -1.41. The van der Waals surface area contributed by atoms with Gasteiger partial charge in [-0.25, -0.2) is 17.9 Å². The molecule has 8 heteroatoms. The fraction of sp³-hybridized carbons (Fsp3) is 0.600. The standard InChI is InChI=1S/C10H17N3O4S/c1-4-6(2)7(3)13-18(16,17)9-8(10(14)15)5-11-12-9/h5-7,13H,4H2,1-3H3,(H,11,12)(H,14,15). The third-order valence-corrected chi connectivity index (χ3v) is 4.47. The van der Waals surface area contributed by atoms with Crippen LogP contribution >= 0.6 is 0 Å². The summed E-state index contributed by atoms with van der Waals surface area (Å²) in [6.07, 6.45) is 1.79. The first-order valence-corrected chi connectivity index (χ1v) is 7.07. The van der Waals surface area contributed by atoms with Crippen LogP contribution in [-0.2, 0) is 10.0 Å². The van der Waals surface area contributed by atoms with Crippen molar-refractivity contribution in [2.45, 2.75) is 38.3 Å². The first-order valence-electron chi connectivity index (χ1n) is 5.58. The van der Waals surface area contributed by atoms with Gasteiger partial charge in [-0.3, -0.25) is 5.10 Å². The molecular formula is C10H17N3O4S. The fourth-order valence-electron chi connectivity index (χ4n) is 1.40. The Morgan fingerprint density at radius 2 is 2.17 bits per heavy atom. The SMILES string of the molecule is CCC(C)C(C)NS(=O)(=O)c1[nH]ncc1C(=O)O. The molecule has 0 saturated carbocycles. The van der Waals surface area contributed by atoms with Crippen LogP contribution in [0.3, 0.4) is 0 Å². The molecule has 1 rings (SSSR count). The van der Waals surface area contributed by atoms with Gasteiger partial charge in [0.2, 0.25) is 0 Å². The molecule has 0 aliphatic rings. The van der Waals surface area contributed by atoms with Gasteiger partial charge in [0.25, 0.3) is 10.0 Å². The van der Waals surface area contributed by atoms with Gasteiger partial charge in [0.05, 0.1) is 6.20 Å². The Morgan fingerprint density at radius 1 is 1.56 bits per heavy atom. The van der Waals surface area contributed by atoms with Gasteiger partial charge in [-0.05, 0) is 12.8 Å². The van der Waals surface area contributed by atoms with E-state index in [1.54, 1.807) is 6.92 Å². The topological polar surface area (TPSA) is 112 Å². The summed E-state index contributed by atoms with van der Waals surface area (Å²) in [5, 5.41) is 14.1. The summed E-state index contributed by atoms with van der Waals surface area (Å²) in [5.74, 6) is -1.18. The van der Waals surface area contributed by atoms with Crippen LogP contribution in [0.15, 0.2) is 11.2 Å². The van der Waals surface area contributed by atoms with Crippen molar-refractivity contribution in [2.75, 3.05) is 0 Å². The highest BCUT2D eigenvalue weighted by Crippen LogP contribution is 2.15. The lowest BCUT2D eigenvalue weighted by Crippen LogP contribution is -2.37. The number of hydrogen-bond acceptors (Lipinski definition) is 4. The van der Waals surface area contributed by atoms with Crippen molar-refractivity contribution in [3.05, 3.63) is 11.8 Å². The molecule has 0 aliphatic carbocycles. The second-order valence-corrected chi connectivity index (χ2v) is 5.86. The number of carboxylic acid groups (broad SMARTS) is 1. The number of hydrogen-bond donors (Lipinski definition) is 3. The van der Waals surface area contributed by atoms with Gasteiger partial charge in [0.15, 0.2) is 5.03 Å². The molecule has 0 spiro atoms. The van der Waals surface area contributed by atoms with Crippen molar-refractivity contribution in [1.29, 1.82) is 0 Å². The van der Waals surface area contributed by atoms with Crippen LogP contribution < -0.4 is 4.72 Å². The van der Waals surface area contributed by atoms with Crippen LogP contribution in [0.5, 0.6) is 0 Å². The minimum absolute atomic E-state index is 0.149. The van der Waals surface area contributed by atoms with Gasteiger partial charge in [0, 0.05) is 6.04 Å². The fourth-order valence-corrected chi connectivity index (χ4v) is 2.85. The molecule has 0 bridgehead atoms. The summed E-state index contributed by atoms with van der Waals surface area (Å²) in [4.78, 5) is 10.9. The van der Waals surface area contributed by atoms with Crippen LogP contribution in [0.25, 0.3) is 0 Å². The van der Waals surface area contributed by atoms with E-state index in [1.807, 2.05) is 13.8 Å². The average molecular weight is 275 g/mol. The summed E-state index contributed by atoms with van der Waals surface area (Å²) in [7, 11) is -3.90. The van der Waals surface area contributed by atoms with Crippen LogP contribution in [-0.4, -0.2) is 35.7 Å². The van der Waals surface area contributed by atoms with Crippen LogP contribution in [0, 0.1) is 5.92 Å². The highest BCUT2D eigenvalue weighted by Gasteiger charge is 2.27. The van der Waals surface area contributed by atoms with Gasteiger partial charge in [-0.2, -0.15) is 5.10 Å². The summed E-state index contributed by atoms with van der Waals surface area (Å²) >= 11 is 0. The minimum Gasteiger partial charge on any atom is -0.478 e. The summed E-state index contributed by atoms with van der Waals surface area (Å²) in [6.45, 7) is 5.61. The molecule has 0 radical (unpaired) electrons. The third kappa shape index (κ3) is 3.08. The lowest BCUT2D eigenvalue weighted by Gasteiger charge is -2.19. The van der Waals surface area contributed by atoms with E-state index in [2.05, 4.69) is 14.9 Å². The van der Waals surface area contributed by atoms with Crippen molar-refractivity contribution in [3.63, 3.8) is 0 Å². The number of rotatable bonds is 6. The molecule has 0 saturated heterocycles. The molecule has 0 fully saturated rings. The maximum absolute atomic E-state index is 12.0. The van der Waals surface area contributed by atoms with E-state index >= 15 is 0 Å². The number of aromatic nitrogens is 2. The van der Waals surface area contributed by atoms with Gasteiger partial charge in [-0.15, -0.1) is 0 Å². The molecule has 18 heavy (non-hydrogen) atoms. The van der Waals surface area contributed by atoms with E-state index in [1.165, 1.54) is 0 Å². The number of aromatic carboxylic acids is 1. The van der Waals surface area contributed by atoms with Crippen LogP contribution in [0.4, 0.5) is 0 Å². The maximum Gasteiger partial charge on any atom is 0.340 e. The number of nitrogens with zero attached hydrogens (tertiary/aromatic N) is 1. The number of aromatic amines is 1. The molecule has 0 aliphatic heterocycles. The van der Waals surface area contributed by atoms with Gasteiger partial charge >= 0.3 is 5.97 Å². The van der Waals surface area contributed by atoms with Crippen molar-refractivity contribution in [1.82, 2.24) is 14.9 Å². The Morgan fingerprint density at radius 3 is 2.67 bits per heavy atom. The Kier molecular flexibility index (Phi) is 4.47. The second-order valence-electron chi connectivity index (χ2n) is 4.21. The van der Waals surface area contributed by atoms with Crippen molar-refractivity contribution < 1.29 is 18.3 Å². The molecule has 0 amide bonds. The lowest BCUT2D eigenvalue weighted by molar-refractivity contribution is 0.0692. The van der Waals surface area contributed by atoms with Crippen molar-refractivity contribution in [2.24, 2.45) is 5.92 Å². The summed E-state index contributed by atoms with van der Waals surface area (Å²) in [5.41, 5.74) is -0.362. The van der Waals surface area contributed by atoms with Crippen molar-refractivity contribution >= 4 is 16.0 Å². The van der Waals surface area contributed by atoms with Gasteiger partial charge in [-0.1, -0.05) is 20.3 Å². The molecule has 7 nitrogen and oxygen atoms in total. The zero-order valence-corrected chi connectivity index (χ0v) is 11.3. The smallest absolute Gasteiger partial charge is 0.340 e. The number of carbonyl (C=O) groups is 1. The molecule has 1 heterocycles. The second kappa shape index (κ2) is 5.49. The van der Waals surface area contributed by atoms with Gasteiger partial charge < -0.3 is 5.11 Å². The highest BCUT2D eigenvalue weighted by atomic mass is 32.2. The number of carboxylic acids is 1. The predicted molar refractivity (Wildman–Crippen MR) is 64.8 cm³/mol. The average Bonchev–Trinajstić information content (AvgIpc) is 2.76. The molecule has 3 N–H and O–H groups in total. The number of nitrogens with one attached hydrogen (secondary N) is 2.